The van der Waals surface area contributed by atoms with Crippen molar-refractivity contribution in [3.63, 3.8) is 0 Å². The highest BCUT2D eigenvalue weighted by atomic mass is 16.5. The van der Waals surface area contributed by atoms with Gasteiger partial charge in [0.05, 0.1) is 12.7 Å². The van der Waals surface area contributed by atoms with E-state index in [9.17, 15) is 9.59 Å². The number of carbonyl (C=O) groups is 2. The molecule has 1 heterocycles. The van der Waals surface area contributed by atoms with Crippen LogP contribution in [0, 0.1) is 0 Å². The third-order valence-electron chi connectivity index (χ3n) is 4.16. The van der Waals surface area contributed by atoms with Crippen LogP contribution in [0.2, 0.25) is 0 Å². The van der Waals surface area contributed by atoms with Crippen molar-refractivity contribution in [1.29, 1.82) is 0 Å². The Bertz CT molecular complexity index is 576. The third-order valence-corrected chi connectivity index (χ3v) is 4.16. The summed E-state index contributed by atoms with van der Waals surface area (Å²) < 4.78 is 5.06. The van der Waals surface area contributed by atoms with Crippen molar-refractivity contribution in [2.75, 3.05) is 32.6 Å². The summed E-state index contributed by atoms with van der Waals surface area (Å²) in [5.74, 6) is -0.220. The van der Waals surface area contributed by atoms with Crippen LogP contribution in [0.25, 0.3) is 0 Å². The predicted octanol–water partition coefficient (Wildman–Crippen LogP) is 1.40. The SMILES string of the molecule is COc1ccc(NC(=O)NCCC2CCCN2C)cc1C(N)=O. The highest BCUT2D eigenvalue weighted by Crippen LogP contribution is 2.22. The number of urea groups is 1. The van der Waals surface area contributed by atoms with Gasteiger partial charge in [-0.1, -0.05) is 0 Å². The van der Waals surface area contributed by atoms with Crippen LogP contribution in [0.3, 0.4) is 0 Å². The molecule has 0 spiro atoms. The Kier molecular flexibility index (Phi) is 5.81. The van der Waals surface area contributed by atoms with E-state index in [-0.39, 0.29) is 11.6 Å². The van der Waals surface area contributed by atoms with Crippen molar-refractivity contribution < 1.29 is 14.3 Å². The van der Waals surface area contributed by atoms with Gasteiger partial charge in [0.1, 0.15) is 5.75 Å². The van der Waals surface area contributed by atoms with Crippen LogP contribution in [0.1, 0.15) is 29.6 Å². The summed E-state index contributed by atoms with van der Waals surface area (Å²) in [7, 11) is 3.57. The fraction of sp³-hybridized carbons (Fsp3) is 0.500. The van der Waals surface area contributed by atoms with Crippen LogP contribution in [0.15, 0.2) is 18.2 Å². The number of nitrogens with one attached hydrogen (secondary N) is 2. The zero-order chi connectivity index (χ0) is 16.8. The van der Waals surface area contributed by atoms with Gasteiger partial charge in [-0.3, -0.25) is 4.79 Å². The van der Waals surface area contributed by atoms with Gasteiger partial charge in [0.2, 0.25) is 0 Å². The van der Waals surface area contributed by atoms with E-state index in [2.05, 4.69) is 22.6 Å². The summed E-state index contributed by atoms with van der Waals surface area (Å²) in [6.45, 7) is 1.73. The largest absolute Gasteiger partial charge is 0.496 e. The quantitative estimate of drug-likeness (QED) is 0.738. The molecule has 1 aliphatic heterocycles. The Balaban J connectivity index is 1.85. The lowest BCUT2D eigenvalue weighted by Gasteiger charge is -2.19. The summed E-state index contributed by atoms with van der Waals surface area (Å²) in [5.41, 5.74) is 6.03. The minimum Gasteiger partial charge on any atom is -0.496 e. The number of carbonyl (C=O) groups excluding carboxylic acids is 2. The van der Waals surface area contributed by atoms with Gasteiger partial charge in [-0.05, 0) is 51.1 Å². The Labute approximate surface area is 136 Å². The van der Waals surface area contributed by atoms with Crippen molar-refractivity contribution in [1.82, 2.24) is 10.2 Å². The number of likely N-dealkylation sites (tertiary alicyclic amines) is 1. The molecule has 2 rings (SSSR count). The first-order chi connectivity index (χ1) is 11.0. The Morgan fingerprint density at radius 2 is 2.22 bits per heavy atom. The molecule has 0 aliphatic carbocycles. The van der Waals surface area contributed by atoms with Crippen molar-refractivity contribution in [3.8, 4) is 5.75 Å². The van der Waals surface area contributed by atoms with E-state index in [4.69, 9.17) is 10.5 Å². The van der Waals surface area contributed by atoms with E-state index < -0.39 is 5.91 Å². The molecule has 4 N–H and O–H groups in total. The van der Waals surface area contributed by atoms with E-state index in [0.29, 0.717) is 24.0 Å². The van der Waals surface area contributed by atoms with E-state index >= 15 is 0 Å². The fourth-order valence-electron chi connectivity index (χ4n) is 2.85. The molecule has 0 radical (unpaired) electrons. The minimum atomic E-state index is -0.602. The van der Waals surface area contributed by atoms with Gasteiger partial charge in [0.15, 0.2) is 0 Å². The van der Waals surface area contributed by atoms with Crippen molar-refractivity contribution in [2.24, 2.45) is 5.73 Å². The predicted molar refractivity (Wildman–Crippen MR) is 88.8 cm³/mol. The van der Waals surface area contributed by atoms with E-state index in [1.54, 1.807) is 12.1 Å². The van der Waals surface area contributed by atoms with Crippen LogP contribution < -0.4 is 21.1 Å². The molecule has 1 aromatic rings. The standard InChI is InChI=1S/C16H24N4O3/c1-20-9-3-4-12(20)7-8-18-16(22)19-11-5-6-14(23-2)13(10-11)15(17)21/h5-6,10,12H,3-4,7-9H2,1-2H3,(H2,17,21)(H2,18,19,22). The first-order valence-electron chi connectivity index (χ1n) is 7.74. The maximum Gasteiger partial charge on any atom is 0.319 e. The van der Waals surface area contributed by atoms with Crippen LogP contribution in [0.4, 0.5) is 10.5 Å². The van der Waals surface area contributed by atoms with Crippen LogP contribution in [-0.2, 0) is 0 Å². The maximum atomic E-state index is 11.9. The Morgan fingerprint density at radius 1 is 1.43 bits per heavy atom. The normalized spacial score (nSPS) is 17.7. The molecule has 7 heteroatoms. The van der Waals surface area contributed by atoms with E-state index in [0.717, 1.165) is 13.0 Å². The molecule has 0 aromatic heterocycles. The first kappa shape index (κ1) is 17.1. The van der Waals surface area contributed by atoms with Crippen molar-refractivity contribution in [2.45, 2.75) is 25.3 Å². The summed E-state index contributed by atoms with van der Waals surface area (Å²) in [5, 5.41) is 5.53. The average molecular weight is 320 g/mol. The van der Waals surface area contributed by atoms with Gasteiger partial charge < -0.3 is 26.0 Å². The highest BCUT2D eigenvalue weighted by molar-refractivity contribution is 5.98. The summed E-state index contributed by atoms with van der Waals surface area (Å²) >= 11 is 0. The molecular weight excluding hydrogens is 296 g/mol. The zero-order valence-electron chi connectivity index (χ0n) is 13.6. The van der Waals surface area contributed by atoms with E-state index in [1.807, 2.05) is 0 Å². The molecule has 1 unspecified atom stereocenters. The maximum absolute atomic E-state index is 11.9. The molecule has 1 aliphatic rings. The smallest absolute Gasteiger partial charge is 0.319 e. The number of nitrogens with two attached hydrogens (primary N) is 1. The fourth-order valence-corrected chi connectivity index (χ4v) is 2.85. The number of rotatable bonds is 6. The van der Waals surface area contributed by atoms with Gasteiger partial charge in [-0.15, -0.1) is 0 Å². The molecule has 1 aromatic carbocycles. The summed E-state index contributed by atoms with van der Waals surface area (Å²) in [4.78, 5) is 25.6. The van der Waals surface area contributed by atoms with Gasteiger partial charge in [-0.25, -0.2) is 4.79 Å². The lowest BCUT2D eigenvalue weighted by molar-refractivity contribution is 0.0997. The molecule has 23 heavy (non-hydrogen) atoms. The molecule has 1 fully saturated rings. The molecular formula is C16H24N4O3. The average Bonchev–Trinajstić information content (AvgIpc) is 2.92. The van der Waals surface area contributed by atoms with Gasteiger partial charge >= 0.3 is 6.03 Å². The molecule has 1 atom stereocenters. The third kappa shape index (κ3) is 4.59. The number of ether oxygens (including phenoxy) is 1. The van der Waals surface area contributed by atoms with Gasteiger partial charge in [-0.2, -0.15) is 0 Å². The number of benzene rings is 1. The second-order valence-electron chi connectivity index (χ2n) is 5.73. The zero-order valence-corrected chi connectivity index (χ0v) is 13.6. The molecule has 0 bridgehead atoms. The van der Waals surface area contributed by atoms with Crippen molar-refractivity contribution in [3.05, 3.63) is 23.8 Å². The molecule has 126 valence electrons. The molecule has 0 saturated carbocycles. The lowest BCUT2D eigenvalue weighted by atomic mass is 10.1. The lowest BCUT2D eigenvalue weighted by Crippen LogP contribution is -2.34. The highest BCUT2D eigenvalue weighted by Gasteiger charge is 2.20. The summed E-state index contributed by atoms with van der Waals surface area (Å²) in [6, 6.07) is 5.01. The number of hydrogen-bond acceptors (Lipinski definition) is 4. The number of primary amides is 1. The molecule has 1 saturated heterocycles. The van der Waals surface area contributed by atoms with E-state index in [1.165, 1.54) is 26.0 Å². The van der Waals surface area contributed by atoms with Gasteiger partial charge in [0.25, 0.3) is 5.91 Å². The van der Waals surface area contributed by atoms with Crippen LogP contribution >= 0.6 is 0 Å². The number of amides is 3. The van der Waals surface area contributed by atoms with Gasteiger partial charge in [0, 0.05) is 18.3 Å². The molecule has 7 nitrogen and oxygen atoms in total. The topological polar surface area (TPSA) is 96.7 Å². The number of methoxy groups -OCH3 is 1. The number of anilines is 1. The summed E-state index contributed by atoms with van der Waals surface area (Å²) in [6.07, 6.45) is 3.33. The monoisotopic (exact) mass is 320 g/mol. The number of hydrogen-bond donors (Lipinski definition) is 3. The first-order valence-corrected chi connectivity index (χ1v) is 7.74. The van der Waals surface area contributed by atoms with Crippen LogP contribution in [0.5, 0.6) is 5.75 Å². The second-order valence-corrected chi connectivity index (χ2v) is 5.73. The Hall–Kier alpha value is -2.28. The number of nitrogens with zero attached hydrogens (tertiary/aromatic N) is 1. The second kappa shape index (κ2) is 7.82. The van der Waals surface area contributed by atoms with Crippen molar-refractivity contribution >= 4 is 17.6 Å². The Morgan fingerprint density at radius 3 is 2.83 bits per heavy atom. The molecule has 3 amide bonds. The minimum absolute atomic E-state index is 0.234. The van der Waals surface area contributed by atoms with Crippen LogP contribution in [-0.4, -0.2) is 50.1 Å².